The first-order valence-electron chi connectivity index (χ1n) is 4.37. The standard InChI is InChI=1S/C8H16N2OS/c9-8(12)6-10-4-1-2-7(11)3-5-10/h7,11H,1-6H2,(H2,9,12). The van der Waals surface area contributed by atoms with Crippen molar-refractivity contribution in [2.45, 2.75) is 25.4 Å². The third-order valence-corrected chi connectivity index (χ3v) is 2.30. The van der Waals surface area contributed by atoms with Crippen LogP contribution in [0.4, 0.5) is 0 Å². The number of thiocarbonyl (C=S) groups is 1. The summed E-state index contributed by atoms with van der Waals surface area (Å²) in [6, 6.07) is 0. The molecule has 0 bridgehead atoms. The molecule has 0 radical (unpaired) electrons. The van der Waals surface area contributed by atoms with E-state index in [0.717, 1.165) is 32.4 Å². The average Bonchev–Trinajstić information content (AvgIpc) is 2.15. The van der Waals surface area contributed by atoms with Crippen LogP contribution in [-0.2, 0) is 0 Å². The molecule has 3 N–H and O–H groups in total. The molecule has 70 valence electrons. The Bertz CT molecular complexity index is 163. The fourth-order valence-electron chi connectivity index (χ4n) is 1.52. The van der Waals surface area contributed by atoms with Crippen molar-refractivity contribution in [3.05, 3.63) is 0 Å². The van der Waals surface area contributed by atoms with Gasteiger partial charge in [0.15, 0.2) is 0 Å². The maximum Gasteiger partial charge on any atom is 0.0870 e. The molecule has 0 aromatic rings. The first-order chi connectivity index (χ1) is 5.68. The lowest BCUT2D eigenvalue weighted by Crippen LogP contribution is -2.33. The van der Waals surface area contributed by atoms with Crippen molar-refractivity contribution in [2.75, 3.05) is 19.6 Å². The van der Waals surface area contributed by atoms with Gasteiger partial charge in [-0.1, -0.05) is 12.2 Å². The number of nitrogens with two attached hydrogens (primary N) is 1. The van der Waals surface area contributed by atoms with Crippen molar-refractivity contribution in [3.8, 4) is 0 Å². The molecule has 1 aliphatic rings. The minimum absolute atomic E-state index is 0.124. The molecule has 1 unspecified atom stereocenters. The Morgan fingerprint density at radius 2 is 2.25 bits per heavy atom. The van der Waals surface area contributed by atoms with E-state index in [2.05, 4.69) is 4.90 Å². The van der Waals surface area contributed by atoms with E-state index >= 15 is 0 Å². The molecule has 1 atom stereocenters. The number of hydrogen-bond donors (Lipinski definition) is 2. The number of nitrogens with zero attached hydrogens (tertiary/aromatic N) is 1. The van der Waals surface area contributed by atoms with Gasteiger partial charge in [-0.2, -0.15) is 0 Å². The fraction of sp³-hybridized carbons (Fsp3) is 0.875. The fourth-order valence-corrected chi connectivity index (χ4v) is 1.70. The Morgan fingerprint density at radius 1 is 1.50 bits per heavy atom. The number of rotatable bonds is 2. The summed E-state index contributed by atoms with van der Waals surface area (Å²) >= 11 is 4.82. The van der Waals surface area contributed by atoms with Gasteiger partial charge in [0.25, 0.3) is 0 Å². The molecule has 0 spiro atoms. The molecule has 1 fully saturated rings. The maximum absolute atomic E-state index is 9.35. The minimum atomic E-state index is -0.124. The number of aliphatic hydroxyl groups is 1. The highest BCUT2D eigenvalue weighted by Crippen LogP contribution is 2.09. The third-order valence-electron chi connectivity index (χ3n) is 2.17. The van der Waals surface area contributed by atoms with Crippen molar-refractivity contribution in [3.63, 3.8) is 0 Å². The van der Waals surface area contributed by atoms with Crippen molar-refractivity contribution in [1.82, 2.24) is 4.90 Å². The average molecular weight is 188 g/mol. The van der Waals surface area contributed by atoms with E-state index in [1.807, 2.05) is 0 Å². The molecule has 4 heteroatoms. The second kappa shape index (κ2) is 4.74. The lowest BCUT2D eigenvalue weighted by molar-refractivity contribution is 0.156. The zero-order chi connectivity index (χ0) is 8.97. The summed E-state index contributed by atoms with van der Waals surface area (Å²) in [5, 5.41) is 9.35. The van der Waals surface area contributed by atoms with Gasteiger partial charge in [-0.15, -0.1) is 0 Å². The highest BCUT2D eigenvalue weighted by atomic mass is 32.1. The molecule has 12 heavy (non-hydrogen) atoms. The smallest absolute Gasteiger partial charge is 0.0870 e. The Labute approximate surface area is 78.5 Å². The quantitative estimate of drug-likeness (QED) is 0.604. The maximum atomic E-state index is 9.35. The number of likely N-dealkylation sites (tertiary alicyclic amines) is 1. The van der Waals surface area contributed by atoms with E-state index in [9.17, 15) is 5.11 Å². The zero-order valence-corrected chi connectivity index (χ0v) is 8.02. The van der Waals surface area contributed by atoms with Gasteiger partial charge >= 0.3 is 0 Å². The van der Waals surface area contributed by atoms with Gasteiger partial charge < -0.3 is 10.8 Å². The minimum Gasteiger partial charge on any atom is -0.393 e. The van der Waals surface area contributed by atoms with Crippen molar-refractivity contribution < 1.29 is 5.11 Å². The van der Waals surface area contributed by atoms with Crippen LogP contribution in [0.15, 0.2) is 0 Å². The normalized spacial score (nSPS) is 26.6. The van der Waals surface area contributed by atoms with E-state index in [1.54, 1.807) is 0 Å². The summed E-state index contributed by atoms with van der Waals surface area (Å²) in [5.74, 6) is 0. The Kier molecular flexibility index (Phi) is 3.91. The number of hydrogen-bond acceptors (Lipinski definition) is 3. The molecule has 0 saturated carbocycles. The van der Waals surface area contributed by atoms with E-state index < -0.39 is 0 Å². The summed E-state index contributed by atoms with van der Waals surface area (Å²) in [4.78, 5) is 2.75. The van der Waals surface area contributed by atoms with Gasteiger partial charge in [0.05, 0.1) is 11.1 Å². The van der Waals surface area contributed by atoms with Gasteiger partial charge in [-0.25, -0.2) is 0 Å². The van der Waals surface area contributed by atoms with E-state index in [0.29, 0.717) is 11.5 Å². The van der Waals surface area contributed by atoms with Gasteiger partial charge in [0.1, 0.15) is 0 Å². The largest absolute Gasteiger partial charge is 0.393 e. The van der Waals surface area contributed by atoms with E-state index in [1.165, 1.54) is 0 Å². The van der Waals surface area contributed by atoms with E-state index in [4.69, 9.17) is 18.0 Å². The monoisotopic (exact) mass is 188 g/mol. The summed E-state index contributed by atoms with van der Waals surface area (Å²) < 4.78 is 0. The molecular formula is C8H16N2OS. The number of aliphatic hydroxyl groups excluding tert-OH is 1. The lowest BCUT2D eigenvalue weighted by atomic mass is 10.2. The molecule has 3 nitrogen and oxygen atoms in total. The molecule has 1 aliphatic heterocycles. The Morgan fingerprint density at radius 3 is 2.92 bits per heavy atom. The Balaban J connectivity index is 2.30. The van der Waals surface area contributed by atoms with Gasteiger partial charge in [0.2, 0.25) is 0 Å². The van der Waals surface area contributed by atoms with Crippen LogP contribution in [0.25, 0.3) is 0 Å². The van der Waals surface area contributed by atoms with Gasteiger partial charge in [-0.05, 0) is 25.8 Å². The first kappa shape index (κ1) is 9.89. The topological polar surface area (TPSA) is 49.5 Å². The highest BCUT2D eigenvalue weighted by molar-refractivity contribution is 7.80. The predicted octanol–water partition coefficient (Wildman–Crippen LogP) is 0.119. The van der Waals surface area contributed by atoms with Crippen LogP contribution < -0.4 is 5.73 Å². The second-order valence-electron chi connectivity index (χ2n) is 3.33. The van der Waals surface area contributed by atoms with Crippen molar-refractivity contribution >= 4 is 17.2 Å². The highest BCUT2D eigenvalue weighted by Gasteiger charge is 2.14. The van der Waals surface area contributed by atoms with Gasteiger partial charge in [-0.3, -0.25) is 4.90 Å². The van der Waals surface area contributed by atoms with Crippen LogP contribution >= 0.6 is 12.2 Å². The van der Waals surface area contributed by atoms with Crippen LogP contribution in [0.3, 0.4) is 0 Å². The summed E-state index contributed by atoms with van der Waals surface area (Å²) in [7, 11) is 0. The molecular weight excluding hydrogens is 172 g/mol. The molecule has 1 saturated heterocycles. The molecule has 1 heterocycles. The molecule has 0 aliphatic carbocycles. The molecule has 0 amide bonds. The molecule has 0 aromatic heterocycles. The predicted molar refractivity (Wildman–Crippen MR) is 53.1 cm³/mol. The van der Waals surface area contributed by atoms with E-state index in [-0.39, 0.29) is 6.10 Å². The van der Waals surface area contributed by atoms with Crippen LogP contribution in [-0.4, -0.2) is 40.7 Å². The zero-order valence-electron chi connectivity index (χ0n) is 7.20. The second-order valence-corrected chi connectivity index (χ2v) is 3.85. The SMILES string of the molecule is NC(=S)CN1CCCC(O)CC1. The summed E-state index contributed by atoms with van der Waals surface area (Å²) in [6.45, 7) is 2.62. The Hall–Kier alpha value is -0.190. The van der Waals surface area contributed by atoms with Crippen LogP contribution in [0.1, 0.15) is 19.3 Å². The lowest BCUT2D eigenvalue weighted by Gasteiger charge is -2.18. The third kappa shape index (κ3) is 3.47. The van der Waals surface area contributed by atoms with Gasteiger partial charge in [0, 0.05) is 13.1 Å². The van der Waals surface area contributed by atoms with Crippen LogP contribution in [0.2, 0.25) is 0 Å². The summed E-state index contributed by atoms with van der Waals surface area (Å²) in [6.07, 6.45) is 2.68. The van der Waals surface area contributed by atoms with Crippen molar-refractivity contribution in [2.24, 2.45) is 5.73 Å². The van der Waals surface area contributed by atoms with Crippen molar-refractivity contribution in [1.29, 1.82) is 0 Å². The summed E-state index contributed by atoms with van der Waals surface area (Å²) in [5.41, 5.74) is 5.44. The molecule has 0 aromatic carbocycles. The first-order valence-corrected chi connectivity index (χ1v) is 4.78. The van der Waals surface area contributed by atoms with Crippen LogP contribution in [0, 0.1) is 0 Å². The molecule has 1 rings (SSSR count). The van der Waals surface area contributed by atoms with Crippen LogP contribution in [0.5, 0.6) is 0 Å².